The second-order valence-corrected chi connectivity index (χ2v) is 6.31. The van der Waals surface area contributed by atoms with Gasteiger partial charge < -0.3 is 19.6 Å². The summed E-state index contributed by atoms with van der Waals surface area (Å²) in [7, 11) is 1.60. The summed E-state index contributed by atoms with van der Waals surface area (Å²) in [6.45, 7) is 2.42. The number of carbonyl (C=O) groups is 2. The van der Waals surface area contributed by atoms with Crippen molar-refractivity contribution in [2.75, 3.05) is 39.9 Å². The lowest BCUT2D eigenvalue weighted by molar-refractivity contribution is -0.163. The number of rotatable bonds is 5. The molecular formula is C14H22N2O4. The number of β-amino-alcohol motifs (C(OH)–C–C–N with tert-alkyl or cyclic N) is 1. The number of hydrogen-bond acceptors (Lipinski definition) is 4. The normalized spacial score (nSPS) is 28.7. The van der Waals surface area contributed by atoms with Crippen LogP contribution >= 0.6 is 0 Å². The predicted octanol–water partition coefficient (Wildman–Crippen LogP) is -0.535. The van der Waals surface area contributed by atoms with E-state index in [9.17, 15) is 14.7 Å². The van der Waals surface area contributed by atoms with Gasteiger partial charge in [-0.1, -0.05) is 0 Å². The molecule has 0 aromatic carbocycles. The molecule has 3 rings (SSSR count). The van der Waals surface area contributed by atoms with Gasteiger partial charge >= 0.3 is 0 Å². The Labute approximate surface area is 118 Å². The van der Waals surface area contributed by atoms with Gasteiger partial charge in [0.15, 0.2) is 0 Å². The van der Waals surface area contributed by atoms with Crippen molar-refractivity contribution >= 4 is 11.8 Å². The summed E-state index contributed by atoms with van der Waals surface area (Å²) < 4.78 is 4.97. The summed E-state index contributed by atoms with van der Waals surface area (Å²) >= 11 is 0. The van der Waals surface area contributed by atoms with E-state index in [0.29, 0.717) is 45.1 Å². The highest BCUT2D eigenvalue weighted by Gasteiger charge is 2.54. The summed E-state index contributed by atoms with van der Waals surface area (Å²) in [5.41, 5.74) is -0.645. The third-order valence-corrected chi connectivity index (χ3v) is 4.71. The van der Waals surface area contributed by atoms with Gasteiger partial charge in [0.25, 0.3) is 0 Å². The van der Waals surface area contributed by atoms with E-state index in [2.05, 4.69) is 0 Å². The Balaban J connectivity index is 1.50. The molecule has 1 unspecified atom stereocenters. The number of nitrogens with zero attached hydrogens (tertiary/aromatic N) is 2. The van der Waals surface area contributed by atoms with Gasteiger partial charge in [-0.25, -0.2) is 0 Å². The lowest BCUT2D eigenvalue weighted by Gasteiger charge is -2.47. The summed E-state index contributed by atoms with van der Waals surface area (Å²) in [6, 6.07) is 0. The van der Waals surface area contributed by atoms with Crippen molar-refractivity contribution in [3.05, 3.63) is 0 Å². The molecule has 6 nitrogen and oxygen atoms in total. The molecule has 0 spiro atoms. The van der Waals surface area contributed by atoms with Crippen molar-refractivity contribution in [1.82, 2.24) is 9.80 Å². The fraction of sp³-hybridized carbons (Fsp3) is 0.857. The Morgan fingerprint density at radius 1 is 1.45 bits per heavy atom. The van der Waals surface area contributed by atoms with Crippen LogP contribution in [-0.4, -0.2) is 72.2 Å². The van der Waals surface area contributed by atoms with E-state index in [-0.39, 0.29) is 17.7 Å². The Kier molecular flexibility index (Phi) is 3.46. The fourth-order valence-corrected chi connectivity index (χ4v) is 3.26. The van der Waals surface area contributed by atoms with Crippen LogP contribution in [0, 0.1) is 11.8 Å². The molecule has 1 atom stereocenters. The maximum Gasteiger partial charge on any atom is 0.228 e. The zero-order valence-corrected chi connectivity index (χ0v) is 11.9. The minimum atomic E-state index is -0.645. The van der Waals surface area contributed by atoms with E-state index in [1.165, 1.54) is 0 Å². The van der Waals surface area contributed by atoms with Crippen LogP contribution < -0.4 is 0 Å². The smallest absolute Gasteiger partial charge is 0.228 e. The monoisotopic (exact) mass is 282 g/mol. The minimum Gasteiger partial charge on any atom is -0.386 e. The average molecular weight is 282 g/mol. The van der Waals surface area contributed by atoms with Gasteiger partial charge in [-0.05, 0) is 18.8 Å². The van der Waals surface area contributed by atoms with Crippen LogP contribution in [0.4, 0.5) is 0 Å². The van der Waals surface area contributed by atoms with E-state index < -0.39 is 5.60 Å². The topological polar surface area (TPSA) is 70.1 Å². The zero-order valence-electron chi connectivity index (χ0n) is 11.9. The molecule has 0 aromatic heterocycles. The number of likely N-dealkylation sites (tertiary alicyclic amines) is 2. The standard InChI is InChI=1S/C14H22N2O4/c1-20-5-4-15-7-10(6-12(15)17)13(18)16-8-14(19,9-16)11-2-3-11/h10-11,19H,2-9H2,1H3. The summed E-state index contributed by atoms with van der Waals surface area (Å²) in [5.74, 6) is 0.181. The van der Waals surface area contributed by atoms with Gasteiger partial charge in [0.1, 0.15) is 5.60 Å². The van der Waals surface area contributed by atoms with Crippen molar-refractivity contribution in [2.45, 2.75) is 24.9 Å². The quantitative estimate of drug-likeness (QED) is 0.735. The molecule has 2 aliphatic heterocycles. The lowest BCUT2D eigenvalue weighted by Crippen LogP contribution is -2.65. The Morgan fingerprint density at radius 2 is 2.15 bits per heavy atom. The molecule has 2 saturated heterocycles. The van der Waals surface area contributed by atoms with Crippen molar-refractivity contribution in [1.29, 1.82) is 0 Å². The second-order valence-electron chi connectivity index (χ2n) is 6.31. The first-order valence-corrected chi connectivity index (χ1v) is 7.31. The highest BCUT2D eigenvalue weighted by Crippen LogP contribution is 2.45. The zero-order chi connectivity index (χ0) is 14.3. The van der Waals surface area contributed by atoms with E-state index in [0.717, 1.165) is 12.8 Å². The maximum absolute atomic E-state index is 12.3. The largest absolute Gasteiger partial charge is 0.386 e. The number of carbonyl (C=O) groups excluding carboxylic acids is 2. The van der Waals surface area contributed by atoms with Crippen LogP contribution in [0.3, 0.4) is 0 Å². The predicted molar refractivity (Wildman–Crippen MR) is 70.8 cm³/mol. The first kappa shape index (κ1) is 13.8. The fourth-order valence-electron chi connectivity index (χ4n) is 3.26. The van der Waals surface area contributed by atoms with Crippen molar-refractivity contribution in [3.63, 3.8) is 0 Å². The maximum atomic E-state index is 12.3. The number of aliphatic hydroxyl groups is 1. The van der Waals surface area contributed by atoms with Gasteiger partial charge in [-0.15, -0.1) is 0 Å². The van der Waals surface area contributed by atoms with Gasteiger partial charge in [0.05, 0.1) is 25.6 Å². The molecule has 3 aliphatic rings. The SMILES string of the molecule is COCCN1CC(C(=O)N2CC(O)(C3CC3)C2)CC1=O. The van der Waals surface area contributed by atoms with E-state index in [1.54, 1.807) is 16.9 Å². The van der Waals surface area contributed by atoms with Crippen LogP contribution in [0.2, 0.25) is 0 Å². The van der Waals surface area contributed by atoms with Crippen LogP contribution in [0.15, 0.2) is 0 Å². The molecule has 0 bridgehead atoms. The van der Waals surface area contributed by atoms with Gasteiger partial charge in [-0.3, -0.25) is 9.59 Å². The molecular weight excluding hydrogens is 260 g/mol. The molecule has 1 aliphatic carbocycles. The second kappa shape index (κ2) is 5.00. The summed E-state index contributed by atoms with van der Waals surface area (Å²) in [5, 5.41) is 10.2. The molecule has 112 valence electrons. The van der Waals surface area contributed by atoms with E-state index in [1.807, 2.05) is 0 Å². The van der Waals surface area contributed by atoms with E-state index in [4.69, 9.17) is 4.74 Å². The summed E-state index contributed by atoms with van der Waals surface area (Å²) in [4.78, 5) is 27.5. The van der Waals surface area contributed by atoms with Gasteiger partial charge in [0, 0.05) is 26.6 Å². The van der Waals surface area contributed by atoms with Crippen molar-refractivity contribution in [2.24, 2.45) is 11.8 Å². The van der Waals surface area contributed by atoms with Crippen LogP contribution in [0.25, 0.3) is 0 Å². The van der Waals surface area contributed by atoms with Gasteiger partial charge in [0.2, 0.25) is 11.8 Å². The Morgan fingerprint density at radius 3 is 2.75 bits per heavy atom. The third kappa shape index (κ3) is 2.42. The van der Waals surface area contributed by atoms with Crippen LogP contribution in [-0.2, 0) is 14.3 Å². The minimum absolute atomic E-state index is 0.0172. The van der Waals surface area contributed by atoms with Crippen LogP contribution in [0.1, 0.15) is 19.3 Å². The molecule has 0 radical (unpaired) electrons. The number of methoxy groups -OCH3 is 1. The van der Waals surface area contributed by atoms with Gasteiger partial charge in [-0.2, -0.15) is 0 Å². The average Bonchev–Trinajstić information content (AvgIpc) is 3.17. The highest BCUT2D eigenvalue weighted by atomic mass is 16.5. The van der Waals surface area contributed by atoms with Crippen LogP contribution in [0.5, 0.6) is 0 Å². The Bertz CT molecular complexity index is 415. The summed E-state index contributed by atoms with van der Waals surface area (Å²) in [6.07, 6.45) is 2.44. The Hall–Kier alpha value is -1.14. The van der Waals surface area contributed by atoms with Crippen molar-refractivity contribution < 1.29 is 19.4 Å². The number of amides is 2. The molecule has 2 amide bonds. The molecule has 20 heavy (non-hydrogen) atoms. The van der Waals surface area contributed by atoms with E-state index >= 15 is 0 Å². The van der Waals surface area contributed by atoms with Crippen molar-refractivity contribution in [3.8, 4) is 0 Å². The first-order valence-electron chi connectivity index (χ1n) is 7.31. The number of ether oxygens (including phenoxy) is 1. The highest BCUT2D eigenvalue weighted by molar-refractivity contribution is 5.89. The number of hydrogen-bond donors (Lipinski definition) is 1. The molecule has 3 fully saturated rings. The molecule has 6 heteroatoms. The molecule has 0 aromatic rings. The molecule has 1 saturated carbocycles. The molecule has 1 N–H and O–H groups in total. The third-order valence-electron chi connectivity index (χ3n) is 4.71. The lowest BCUT2D eigenvalue weighted by atomic mass is 9.87. The first-order chi connectivity index (χ1) is 9.53. The molecule has 2 heterocycles.